The molecule has 0 saturated carbocycles. The molecule has 146 valence electrons. The minimum Gasteiger partial charge on any atom is -0.488 e. The lowest BCUT2D eigenvalue weighted by Gasteiger charge is -2.11. The van der Waals surface area contributed by atoms with Crippen LogP contribution in [-0.2, 0) is 23.4 Å². The van der Waals surface area contributed by atoms with Crippen LogP contribution in [0.15, 0.2) is 53.1 Å². The van der Waals surface area contributed by atoms with Gasteiger partial charge >= 0.3 is 5.97 Å². The average Bonchev–Trinajstić information content (AvgIpc) is 3.15. The van der Waals surface area contributed by atoms with Gasteiger partial charge in [0.15, 0.2) is 12.4 Å². The van der Waals surface area contributed by atoms with Crippen molar-refractivity contribution in [1.82, 2.24) is 10.1 Å². The molecule has 0 bridgehead atoms. The van der Waals surface area contributed by atoms with Crippen molar-refractivity contribution in [1.29, 1.82) is 0 Å². The Hall–Kier alpha value is -3.22. The summed E-state index contributed by atoms with van der Waals surface area (Å²) in [7, 11) is 0. The average molecular weight is 384 g/mol. The van der Waals surface area contributed by atoms with Gasteiger partial charge in [-0.25, -0.2) is 9.18 Å². The molecule has 7 heteroatoms. The maximum atomic E-state index is 13.0. The zero-order chi connectivity index (χ0) is 20.1. The fourth-order valence-corrected chi connectivity index (χ4v) is 2.33. The SMILES string of the molecule is CC(C)(C)c1noc(COC(=O)c2ccccc2OCc2ccc(F)cc2)n1. The van der Waals surface area contributed by atoms with Crippen molar-refractivity contribution in [3.63, 3.8) is 0 Å². The van der Waals surface area contributed by atoms with E-state index in [1.807, 2.05) is 20.8 Å². The first-order valence-electron chi connectivity index (χ1n) is 8.79. The first-order chi connectivity index (χ1) is 13.3. The lowest BCUT2D eigenvalue weighted by molar-refractivity contribution is 0.0424. The zero-order valence-electron chi connectivity index (χ0n) is 15.9. The molecule has 0 fully saturated rings. The van der Waals surface area contributed by atoms with Crippen molar-refractivity contribution in [2.24, 2.45) is 0 Å². The molecule has 0 aliphatic carbocycles. The molecule has 0 unspecified atom stereocenters. The molecule has 3 rings (SSSR count). The molecule has 3 aromatic rings. The highest BCUT2D eigenvalue weighted by molar-refractivity contribution is 5.92. The van der Waals surface area contributed by atoms with Gasteiger partial charge in [-0.05, 0) is 29.8 Å². The van der Waals surface area contributed by atoms with E-state index in [0.717, 1.165) is 5.56 Å². The first-order valence-corrected chi connectivity index (χ1v) is 8.79. The molecule has 2 aromatic carbocycles. The normalized spacial score (nSPS) is 11.3. The van der Waals surface area contributed by atoms with E-state index in [4.69, 9.17) is 14.0 Å². The number of hydrogen-bond acceptors (Lipinski definition) is 6. The third-order valence-electron chi connectivity index (χ3n) is 3.88. The van der Waals surface area contributed by atoms with Crippen molar-refractivity contribution in [3.05, 3.63) is 77.2 Å². The van der Waals surface area contributed by atoms with E-state index in [9.17, 15) is 9.18 Å². The van der Waals surface area contributed by atoms with E-state index in [1.54, 1.807) is 36.4 Å². The molecule has 1 heterocycles. The van der Waals surface area contributed by atoms with Crippen LogP contribution in [0, 0.1) is 5.82 Å². The zero-order valence-corrected chi connectivity index (χ0v) is 15.9. The van der Waals surface area contributed by atoms with E-state index < -0.39 is 5.97 Å². The predicted octanol–water partition coefficient (Wildman–Crippen LogP) is 4.44. The molecule has 0 atom stereocenters. The molecule has 0 aliphatic heterocycles. The Balaban J connectivity index is 1.63. The van der Waals surface area contributed by atoms with Gasteiger partial charge in [-0.2, -0.15) is 4.98 Å². The second-order valence-electron chi connectivity index (χ2n) is 7.25. The topological polar surface area (TPSA) is 74.5 Å². The summed E-state index contributed by atoms with van der Waals surface area (Å²) in [6.07, 6.45) is 0. The Kier molecular flexibility index (Phi) is 5.73. The lowest BCUT2D eigenvalue weighted by Crippen LogP contribution is -2.13. The van der Waals surface area contributed by atoms with E-state index in [1.165, 1.54) is 12.1 Å². The Morgan fingerprint density at radius 2 is 1.79 bits per heavy atom. The van der Waals surface area contributed by atoms with E-state index in [-0.39, 0.29) is 35.9 Å². The van der Waals surface area contributed by atoms with E-state index in [2.05, 4.69) is 10.1 Å². The summed E-state index contributed by atoms with van der Waals surface area (Å²) in [4.78, 5) is 16.7. The number of rotatable bonds is 6. The van der Waals surface area contributed by atoms with Crippen LogP contribution in [0.1, 0.15) is 48.4 Å². The number of nitrogens with zero attached hydrogens (tertiary/aromatic N) is 2. The summed E-state index contributed by atoms with van der Waals surface area (Å²) in [6, 6.07) is 12.7. The Morgan fingerprint density at radius 3 is 2.46 bits per heavy atom. The minimum absolute atomic E-state index is 0.131. The van der Waals surface area contributed by atoms with Gasteiger partial charge in [-0.1, -0.05) is 50.2 Å². The molecule has 0 amide bonds. The van der Waals surface area contributed by atoms with Gasteiger partial charge in [0, 0.05) is 5.41 Å². The smallest absolute Gasteiger partial charge is 0.342 e. The molecule has 0 spiro atoms. The molecule has 1 aromatic heterocycles. The van der Waals surface area contributed by atoms with Gasteiger partial charge in [0.25, 0.3) is 5.89 Å². The van der Waals surface area contributed by atoms with Crippen molar-refractivity contribution >= 4 is 5.97 Å². The first kappa shape index (κ1) is 19.5. The summed E-state index contributed by atoms with van der Waals surface area (Å²) in [5.74, 6) is 0.260. The molecule has 28 heavy (non-hydrogen) atoms. The summed E-state index contributed by atoms with van der Waals surface area (Å²) in [5, 5.41) is 3.90. The van der Waals surface area contributed by atoms with Crippen LogP contribution < -0.4 is 4.74 Å². The van der Waals surface area contributed by atoms with Gasteiger partial charge in [-0.15, -0.1) is 0 Å². The third kappa shape index (κ3) is 4.94. The second-order valence-corrected chi connectivity index (χ2v) is 7.25. The largest absolute Gasteiger partial charge is 0.488 e. The predicted molar refractivity (Wildman–Crippen MR) is 99.3 cm³/mol. The monoisotopic (exact) mass is 384 g/mol. The van der Waals surface area contributed by atoms with Gasteiger partial charge in [-0.3, -0.25) is 0 Å². The fraction of sp³-hybridized carbons (Fsp3) is 0.286. The number of ether oxygens (including phenoxy) is 2. The van der Waals surface area contributed by atoms with Crippen LogP contribution >= 0.6 is 0 Å². The molecule has 0 radical (unpaired) electrons. The van der Waals surface area contributed by atoms with Gasteiger partial charge in [0.05, 0.1) is 0 Å². The molecule has 6 nitrogen and oxygen atoms in total. The molecular formula is C21H21FN2O4. The molecular weight excluding hydrogens is 363 g/mol. The maximum Gasteiger partial charge on any atom is 0.342 e. The van der Waals surface area contributed by atoms with Crippen molar-refractivity contribution in [2.45, 2.75) is 39.4 Å². The number of benzene rings is 2. The number of carbonyl (C=O) groups excluding carboxylic acids is 1. The summed E-state index contributed by atoms with van der Waals surface area (Å²) >= 11 is 0. The van der Waals surface area contributed by atoms with Crippen LogP contribution in [0.3, 0.4) is 0 Å². The van der Waals surface area contributed by atoms with Crippen molar-refractivity contribution < 1.29 is 23.2 Å². The number of para-hydroxylation sites is 1. The third-order valence-corrected chi connectivity index (χ3v) is 3.88. The van der Waals surface area contributed by atoms with Crippen molar-refractivity contribution in [3.8, 4) is 5.75 Å². The molecule has 0 saturated heterocycles. The van der Waals surface area contributed by atoms with E-state index in [0.29, 0.717) is 11.6 Å². The highest BCUT2D eigenvalue weighted by Gasteiger charge is 2.22. The maximum absolute atomic E-state index is 13.0. The quantitative estimate of drug-likeness (QED) is 0.585. The van der Waals surface area contributed by atoms with E-state index >= 15 is 0 Å². The second kappa shape index (κ2) is 8.21. The number of halogens is 1. The van der Waals surface area contributed by atoms with Crippen LogP contribution in [0.2, 0.25) is 0 Å². The van der Waals surface area contributed by atoms with Gasteiger partial charge in [0.2, 0.25) is 0 Å². The molecule has 0 N–H and O–H groups in total. The minimum atomic E-state index is -0.565. The summed E-state index contributed by atoms with van der Waals surface area (Å²) < 4.78 is 29.1. The Bertz CT molecular complexity index is 946. The highest BCUT2D eigenvalue weighted by atomic mass is 19.1. The van der Waals surface area contributed by atoms with Gasteiger partial charge in [0.1, 0.15) is 23.7 Å². The standard InChI is InChI=1S/C21H21FN2O4/c1-21(2,3)20-23-18(28-24-20)13-27-19(25)16-6-4-5-7-17(16)26-12-14-8-10-15(22)11-9-14/h4-11H,12-13H2,1-3H3. The Morgan fingerprint density at radius 1 is 1.07 bits per heavy atom. The Labute approximate surface area is 162 Å². The number of carbonyl (C=O) groups is 1. The van der Waals surface area contributed by atoms with Crippen LogP contribution in [0.4, 0.5) is 4.39 Å². The van der Waals surface area contributed by atoms with Crippen molar-refractivity contribution in [2.75, 3.05) is 0 Å². The van der Waals surface area contributed by atoms with Crippen LogP contribution in [0.5, 0.6) is 5.75 Å². The highest BCUT2D eigenvalue weighted by Crippen LogP contribution is 2.22. The molecule has 0 aliphatic rings. The lowest BCUT2D eigenvalue weighted by atomic mass is 9.96. The number of hydrogen-bond donors (Lipinski definition) is 0. The van der Waals surface area contributed by atoms with Crippen LogP contribution in [0.25, 0.3) is 0 Å². The van der Waals surface area contributed by atoms with Crippen LogP contribution in [-0.4, -0.2) is 16.1 Å². The number of aromatic nitrogens is 2. The summed E-state index contributed by atoms with van der Waals surface area (Å²) in [5.41, 5.74) is 0.803. The fourth-order valence-electron chi connectivity index (χ4n) is 2.33. The summed E-state index contributed by atoms with van der Waals surface area (Å²) in [6.45, 7) is 5.95. The van der Waals surface area contributed by atoms with Gasteiger partial charge < -0.3 is 14.0 Å². The number of esters is 1.